The van der Waals surface area contributed by atoms with E-state index in [-0.39, 0.29) is 36.6 Å². The first-order valence-electron chi connectivity index (χ1n) is 8.59. The van der Waals surface area contributed by atoms with E-state index in [1.165, 1.54) is 6.42 Å². The van der Waals surface area contributed by atoms with Crippen molar-refractivity contribution in [3.05, 3.63) is 0 Å². The summed E-state index contributed by atoms with van der Waals surface area (Å²) in [5.74, 6) is 0.344. The van der Waals surface area contributed by atoms with E-state index in [0.29, 0.717) is 19.1 Å². The second-order valence-corrected chi connectivity index (χ2v) is 6.81. The molecule has 0 saturated carbocycles. The zero-order chi connectivity index (χ0) is 16.8. The molecule has 2 amide bonds. The van der Waals surface area contributed by atoms with Gasteiger partial charge < -0.3 is 15.1 Å². The molecule has 1 N–H and O–H groups in total. The molecule has 0 radical (unpaired) electrons. The fourth-order valence-corrected chi connectivity index (χ4v) is 3.21. The highest BCUT2D eigenvalue weighted by molar-refractivity contribution is 5.85. The third-order valence-electron chi connectivity index (χ3n) is 4.86. The number of piperidine rings is 1. The Bertz CT molecular complexity index is 417. The first kappa shape index (κ1) is 24.4. The van der Waals surface area contributed by atoms with Crippen molar-refractivity contribution >= 4 is 36.6 Å². The number of nitrogens with zero attached hydrogens (tertiary/aromatic N) is 4. The summed E-state index contributed by atoms with van der Waals surface area (Å²) >= 11 is 0. The Labute approximate surface area is 163 Å². The minimum absolute atomic E-state index is 0. The number of rotatable bonds is 5. The second-order valence-electron chi connectivity index (χ2n) is 6.81. The maximum atomic E-state index is 12.5. The van der Waals surface area contributed by atoms with Gasteiger partial charge in [0.2, 0.25) is 11.8 Å². The summed E-state index contributed by atoms with van der Waals surface area (Å²) in [4.78, 5) is 32.2. The van der Waals surface area contributed by atoms with Crippen molar-refractivity contribution in [3.8, 4) is 0 Å². The van der Waals surface area contributed by atoms with Gasteiger partial charge in [-0.15, -0.1) is 24.8 Å². The molecular weight excluding hydrogens is 365 g/mol. The Kier molecular flexibility index (Phi) is 11.6. The van der Waals surface area contributed by atoms with Crippen LogP contribution in [0.5, 0.6) is 0 Å². The van der Waals surface area contributed by atoms with Crippen molar-refractivity contribution in [1.29, 1.82) is 0 Å². The molecule has 9 heteroatoms. The number of likely N-dealkylation sites (tertiary alicyclic amines) is 1. The van der Waals surface area contributed by atoms with Gasteiger partial charge in [0.05, 0.1) is 13.1 Å². The quantitative estimate of drug-likeness (QED) is 0.692. The maximum Gasteiger partial charge on any atom is 0.236 e. The number of carbonyl (C=O) groups is 2. The van der Waals surface area contributed by atoms with Crippen LogP contribution in [-0.2, 0) is 9.59 Å². The summed E-state index contributed by atoms with van der Waals surface area (Å²) in [6, 6.07) is 0.505. The Morgan fingerprint density at radius 2 is 1.64 bits per heavy atom. The Morgan fingerprint density at radius 1 is 1.00 bits per heavy atom. The normalized spacial score (nSPS) is 21.9. The molecule has 2 saturated heterocycles. The highest BCUT2D eigenvalue weighted by Gasteiger charge is 2.26. The molecule has 25 heavy (non-hydrogen) atoms. The zero-order valence-corrected chi connectivity index (χ0v) is 17.2. The van der Waals surface area contributed by atoms with E-state index >= 15 is 0 Å². The minimum atomic E-state index is 0. The topological polar surface area (TPSA) is 59.1 Å². The lowest BCUT2D eigenvalue weighted by atomic mass is 10.1. The van der Waals surface area contributed by atoms with Gasteiger partial charge in [-0.05, 0) is 26.4 Å². The number of carbonyl (C=O) groups excluding carboxylic acids is 2. The van der Waals surface area contributed by atoms with E-state index in [9.17, 15) is 9.59 Å². The Balaban J connectivity index is 0.00000288. The van der Waals surface area contributed by atoms with Crippen LogP contribution in [0.3, 0.4) is 0 Å². The molecule has 0 spiro atoms. The third-order valence-corrected chi connectivity index (χ3v) is 4.86. The number of hydrogen-bond donors (Lipinski definition) is 1. The molecule has 148 valence electrons. The van der Waals surface area contributed by atoms with Crippen molar-refractivity contribution in [3.63, 3.8) is 0 Å². The zero-order valence-electron chi connectivity index (χ0n) is 15.6. The molecule has 0 aliphatic carbocycles. The average Bonchev–Trinajstić information content (AvgIpc) is 2.55. The van der Waals surface area contributed by atoms with E-state index in [4.69, 9.17) is 0 Å². The Morgan fingerprint density at radius 3 is 2.20 bits per heavy atom. The first-order valence-corrected chi connectivity index (χ1v) is 8.59. The molecule has 2 aliphatic rings. The molecule has 1 unspecified atom stereocenters. The van der Waals surface area contributed by atoms with Crippen LogP contribution in [0.1, 0.15) is 12.8 Å². The largest absolute Gasteiger partial charge is 0.348 e. The Hall–Kier alpha value is -0.600. The maximum absolute atomic E-state index is 12.5. The van der Waals surface area contributed by atoms with Gasteiger partial charge in [0, 0.05) is 52.9 Å². The molecule has 2 fully saturated rings. The first-order chi connectivity index (χ1) is 11.0. The summed E-state index contributed by atoms with van der Waals surface area (Å²) < 4.78 is 0. The van der Waals surface area contributed by atoms with Gasteiger partial charge in [0.25, 0.3) is 0 Å². The van der Waals surface area contributed by atoms with Crippen molar-refractivity contribution < 1.29 is 9.59 Å². The van der Waals surface area contributed by atoms with Crippen LogP contribution in [-0.4, -0.2) is 111 Å². The monoisotopic (exact) mass is 397 g/mol. The lowest BCUT2D eigenvalue weighted by Gasteiger charge is -2.37. The summed E-state index contributed by atoms with van der Waals surface area (Å²) in [6.07, 6.45) is 2.35. The van der Waals surface area contributed by atoms with Crippen LogP contribution >= 0.6 is 24.8 Å². The van der Waals surface area contributed by atoms with Crippen molar-refractivity contribution in [1.82, 2.24) is 24.9 Å². The fourth-order valence-electron chi connectivity index (χ4n) is 3.21. The molecule has 0 aromatic rings. The molecule has 1 atom stereocenters. The number of piperazine rings is 1. The average molecular weight is 398 g/mol. The highest BCUT2D eigenvalue weighted by atomic mass is 35.5. The van der Waals surface area contributed by atoms with Crippen molar-refractivity contribution in [2.75, 3.05) is 73.5 Å². The van der Waals surface area contributed by atoms with Gasteiger partial charge in [-0.1, -0.05) is 0 Å². The van der Waals surface area contributed by atoms with E-state index in [2.05, 4.69) is 15.1 Å². The summed E-state index contributed by atoms with van der Waals surface area (Å²) in [7, 11) is 5.54. The van der Waals surface area contributed by atoms with E-state index < -0.39 is 0 Å². The van der Waals surface area contributed by atoms with Gasteiger partial charge in [0.1, 0.15) is 0 Å². The molecule has 2 rings (SSSR count). The molecule has 2 aliphatic heterocycles. The van der Waals surface area contributed by atoms with Crippen LogP contribution in [0.2, 0.25) is 0 Å². The standard InChI is InChI=1S/C16H31N5O2.2ClH/c1-17-14-5-4-6-20(11-14)13-16(23)21-9-7-19(8-10-21)12-15(22)18(2)3;;/h14,17H,4-13H2,1-3H3;2*1H. The molecule has 7 nitrogen and oxygen atoms in total. The van der Waals surface area contributed by atoms with Crippen LogP contribution < -0.4 is 5.32 Å². The second kappa shape index (κ2) is 11.9. The van der Waals surface area contributed by atoms with E-state index in [0.717, 1.165) is 45.7 Å². The number of likely N-dealkylation sites (N-methyl/N-ethyl adjacent to an activating group) is 2. The van der Waals surface area contributed by atoms with Gasteiger partial charge in [-0.3, -0.25) is 19.4 Å². The molecule has 2 heterocycles. The lowest BCUT2D eigenvalue weighted by molar-refractivity contribution is -0.135. The van der Waals surface area contributed by atoms with Crippen molar-refractivity contribution in [2.24, 2.45) is 0 Å². The number of nitrogens with one attached hydrogen (secondary N) is 1. The number of hydrogen-bond acceptors (Lipinski definition) is 5. The van der Waals surface area contributed by atoms with Gasteiger partial charge in [-0.25, -0.2) is 0 Å². The highest BCUT2D eigenvalue weighted by Crippen LogP contribution is 2.10. The smallest absolute Gasteiger partial charge is 0.236 e. The van der Waals surface area contributed by atoms with Gasteiger partial charge >= 0.3 is 0 Å². The van der Waals surface area contributed by atoms with Crippen LogP contribution in [0.25, 0.3) is 0 Å². The molecular formula is C16H33Cl2N5O2. The lowest BCUT2D eigenvalue weighted by Crippen LogP contribution is -2.54. The predicted molar refractivity (Wildman–Crippen MR) is 105 cm³/mol. The molecule has 0 bridgehead atoms. The predicted octanol–water partition coefficient (Wildman–Crippen LogP) is -0.254. The van der Waals surface area contributed by atoms with Gasteiger partial charge in [-0.2, -0.15) is 0 Å². The van der Waals surface area contributed by atoms with Crippen molar-refractivity contribution in [2.45, 2.75) is 18.9 Å². The van der Waals surface area contributed by atoms with Crippen LogP contribution in [0.15, 0.2) is 0 Å². The number of halogens is 2. The summed E-state index contributed by atoms with van der Waals surface area (Å²) in [5.41, 5.74) is 0. The fraction of sp³-hybridized carbons (Fsp3) is 0.875. The SMILES string of the molecule is CNC1CCCN(CC(=O)N2CCN(CC(=O)N(C)C)CC2)C1.Cl.Cl. The molecule has 0 aromatic heterocycles. The van der Waals surface area contributed by atoms with E-state index in [1.807, 2.05) is 11.9 Å². The molecule has 0 aromatic carbocycles. The number of amides is 2. The summed E-state index contributed by atoms with van der Waals surface area (Å²) in [6.45, 7) is 5.96. The van der Waals surface area contributed by atoms with Gasteiger partial charge in [0.15, 0.2) is 0 Å². The third kappa shape index (κ3) is 7.66. The summed E-state index contributed by atoms with van der Waals surface area (Å²) in [5, 5.41) is 3.31. The van der Waals surface area contributed by atoms with E-state index in [1.54, 1.807) is 19.0 Å². The minimum Gasteiger partial charge on any atom is -0.348 e. The van der Waals surface area contributed by atoms with Crippen LogP contribution in [0, 0.1) is 0 Å². The van der Waals surface area contributed by atoms with Crippen LogP contribution in [0.4, 0.5) is 0 Å².